The minimum atomic E-state index is -0.613. The zero-order chi connectivity index (χ0) is 24.7. The molecule has 1 aliphatic carbocycles. The monoisotopic (exact) mass is 494 g/mol. The number of benzene rings is 1. The van der Waals surface area contributed by atoms with Crippen molar-refractivity contribution in [3.05, 3.63) is 75.2 Å². The minimum absolute atomic E-state index is 0.0359. The fourth-order valence-corrected chi connectivity index (χ4v) is 4.95. The van der Waals surface area contributed by atoms with Crippen molar-refractivity contribution in [3.63, 3.8) is 0 Å². The molecule has 10 heteroatoms. The summed E-state index contributed by atoms with van der Waals surface area (Å²) in [4.78, 5) is 28.9. The van der Waals surface area contributed by atoms with Gasteiger partial charge in [0.1, 0.15) is 11.5 Å². The molecule has 0 fully saturated rings. The average Bonchev–Trinajstić information content (AvgIpc) is 3.12. The number of halogens is 2. The van der Waals surface area contributed by atoms with Gasteiger partial charge in [-0.05, 0) is 60.6 Å². The third kappa shape index (κ3) is 4.51. The second-order valence-electron chi connectivity index (χ2n) is 9.01. The lowest BCUT2D eigenvalue weighted by Crippen LogP contribution is -2.34. The summed E-state index contributed by atoms with van der Waals surface area (Å²) in [6.45, 7) is 2.10. The Morgan fingerprint density at radius 3 is 2.89 bits per heavy atom. The topological polar surface area (TPSA) is 105 Å². The van der Waals surface area contributed by atoms with E-state index in [2.05, 4.69) is 32.7 Å². The molecule has 0 unspecified atom stereocenters. The summed E-state index contributed by atoms with van der Waals surface area (Å²) in [6, 6.07) is 6.93. The number of hydrogen-bond acceptors (Lipinski definition) is 4. The van der Waals surface area contributed by atoms with Gasteiger partial charge in [-0.2, -0.15) is 5.10 Å². The van der Waals surface area contributed by atoms with Crippen molar-refractivity contribution in [3.8, 4) is 11.1 Å². The number of anilines is 1. The number of nitrogens with one attached hydrogen (secondary N) is 3. The maximum Gasteiger partial charge on any atom is 0.319 e. The van der Waals surface area contributed by atoms with E-state index in [0.29, 0.717) is 35.0 Å². The number of aryl methyl sites for hydroxylation is 1. The standard InChI is InChI=1S/C25H24ClFN6O2/c1-13-3-4-20(23-14(9-13)10-22(34)31-32-23)29-25(35)30-21-12-18(26)17(11-19(21)27)15-5-7-28-24-16(15)6-8-33(24)2/h5-8,10-13,20H,3-4,9H2,1-2H3,(H,31,34)(H2,29,30,35)/t13-,20+/m0/s1. The van der Waals surface area contributed by atoms with Crippen LogP contribution in [0.3, 0.4) is 0 Å². The summed E-state index contributed by atoms with van der Waals surface area (Å²) >= 11 is 6.53. The summed E-state index contributed by atoms with van der Waals surface area (Å²) < 4.78 is 17.0. The Hall–Kier alpha value is -3.72. The molecule has 35 heavy (non-hydrogen) atoms. The zero-order valence-corrected chi connectivity index (χ0v) is 20.0. The Balaban J connectivity index is 1.39. The van der Waals surface area contributed by atoms with E-state index in [1.807, 2.05) is 23.9 Å². The highest BCUT2D eigenvalue weighted by Crippen LogP contribution is 2.36. The molecule has 0 bridgehead atoms. The van der Waals surface area contributed by atoms with Gasteiger partial charge in [0.25, 0.3) is 5.56 Å². The number of H-pyrrole nitrogens is 1. The average molecular weight is 495 g/mol. The molecule has 0 radical (unpaired) electrons. The van der Waals surface area contributed by atoms with E-state index in [1.54, 1.807) is 12.3 Å². The SMILES string of the molecule is C[C@H]1CC[C@@H](NC(=O)Nc2cc(Cl)c(-c3ccnc4c3ccn4C)cc2F)c2n[nH]c(=O)cc2C1. The van der Waals surface area contributed by atoms with Gasteiger partial charge < -0.3 is 15.2 Å². The van der Waals surface area contributed by atoms with Crippen LogP contribution in [0.15, 0.2) is 47.5 Å². The minimum Gasteiger partial charge on any atom is -0.336 e. The molecule has 0 spiro atoms. The van der Waals surface area contributed by atoms with Crippen molar-refractivity contribution >= 4 is 34.4 Å². The van der Waals surface area contributed by atoms with E-state index in [0.717, 1.165) is 28.6 Å². The number of fused-ring (bicyclic) bond motifs is 2. The van der Waals surface area contributed by atoms with Crippen LogP contribution in [-0.4, -0.2) is 25.8 Å². The molecular formula is C25H24ClFN6O2. The first-order chi connectivity index (χ1) is 16.8. The summed E-state index contributed by atoms with van der Waals surface area (Å²) in [5.41, 5.74) is 3.14. The van der Waals surface area contributed by atoms with Crippen LogP contribution in [0.1, 0.15) is 37.1 Å². The number of aromatic amines is 1. The van der Waals surface area contributed by atoms with E-state index in [-0.39, 0.29) is 11.2 Å². The second-order valence-corrected chi connectivity index (χ2v) is 9.42. The fourth-order valence-electron chi connectivity index (χ4n) is 4.69. The predicted octanol–water partition coefficient (Wildman–Crippen LogP) is 4.95. The molecule has 0 saturated heterocycles. The van der Waals surface area contributed by atoms with Crippen LogP contribution in [-0.2, 0) is 13.5 Å². The Morgan fingerprint density at radius 2 is 2.06 bits per heavy atom. The second kappa shape index (κ2) is 9.14. The number of amides is 2. The molecule has 0 aliphatic heterocycles. The van der Waals surface area contributed by atoms with Crippen LogP contribution in [0.4, 0.5) is 14.9 Å². The maximum atomic E-state index is 15.1. The van der Waals surface area contributed by atoms with Crippen molar-refractivity contribution in [1.82, 2.24) is 25.1 Å². The van der Waals surface area contributed by atoms with Crippen molar-refractivity contribution < 1.29 is 9.18 Å². The Morgan fingerprint density at radius 1 is 1.23 bits per heavy atom. The van der Waals surface area contributed by atoms with Crippen LogP contribution in [0.25, 0.3) is 22.2 Å². The van der Waals surface area contributed by atoms with Crippen LogP contribution >= 0.6 is 11.6 Å². The van der Waals surface area contributed by atoms with E-state index >= 15 is 4.39 Å². The molecule has 180 valence electrons. The van der Waals surface area contributed by atoms with Crippen molar-refractivity contribution in [2.75, 3.05) is 5.32 Å². The predicted molar refractivity (Wildman–Crippen MR) is 133 cm³/mol. The summed E-state index contributed by atoms with van der Waals surface area (Å²) in [7, 11) is 1.88. The van der Waals surface area contributed by atoms with Gasteiger partial charge in [0, 0.05) is 36.5 Å². The van der Waals surface area contributed by atoms with Gasteiger partial charge >= 0.3 is 6.03 Å². The number of rotatable bonds is 3. The van der Waals surface area contributed by atoms with Gasteiger partial charge in [0.15, 0.2) is 0 Å². The molecule has 4 aromatic rings. The Bertz CT molecular complexity index is 1500. The third-order valence-electron chi connectivity index (χ3n) is 6.44. The summed E-state index contributed by atoms with van der Waals surface area (Å²) in [5.74, 6) is -0.266. The molecule has 2 amide bonds. The number of aromatic nitrogens is 4. The first-order valence-corrected chi connectivity index (χ1v) is 11.7. The fraction of sp³-hybridized carbons (Fsp3) is 0.280. The lowest BCUT2D eigenvalue weighted by molar-refractivity contribution is 0.247. The number of hydrogen-bond donors (Lipinski definition) is 3. The molecule has 2 atom stereocenters. The smallest absolute Gasteiger partial charge is 0.319 e. The van der Waals surface area contributed by atoms with Crippen LogP contribution < -0.4 is 16.2 Å². The maximum absolute atomic E-state index is 15.1. The summed E-state index contributed by atoms with van der Waals surface area (Å²) in [6.07, 6.45) is 5.74. The highest BCUT2D eigenvalue weighted by molar-refractivity contribution is 6.34. The molecule has 1 aliphatic rings. The van der Waals surface area contributed by atoms with Crippen molar-refractivity contribution in [2.45, 2.75) is 32.2 Å². The molecular weight excluding hydrogens is 471 g/mol. The van der Waals surface area contributed by atoms with Gasteiger partial charge in [0.2, 0.25) is 0 Å². The normalized spacial score (nSPS) is 17.6. The lowest BCUT2D eigenvalue weighted by Gasteiger charge is -2.19. The van der Waals surface area contributed by atoms with Gasteiger partial charge in [0.05, 0.1) is 22.4 Å². The number of nitrogens with zero attached hydrogens (tertiary/aromatic N) is 3. The van der Waals surface area contributed by atoms with Crippen LogP contribution in [0.5, 0.6) is 0 Å². The third-order valence-corrected chi connectivity index (χ3v) is 6.75. The number of urea groups is 1. The van der Waals surface area contributed by atoms with E-state index in [4.69, 9.17) is 11.6 Å². The van der Waals surface area contributed by atoms with E-state index < -0.39 is 17.9 Å². The van der Waals surface area contributed by atoms with Crippen molar-refractivity contribution in [1.29, 1.82) is 0 Å². The lowest BCUT2D eigenvalue weighted by atomic mass is 10.0. The number of carbonyl (C=O) groups is 1. The van der Waals surface area contributed by atoms with E-state index in [9.17, 15) is 9.59 Å². The number of carbonyl (C=O) groups excluding carboxylic acids is 1. The Labute approximate surface area is 205 Å². The number of pyridine rings is 1. The van der Waals surface area contributed by atoms with Crippen molar-refractivity contribution in [2.24, 2.45) is 13.0 Å². The van der Waals surface area contributed by atoms with Crippen LogP contribution in [0, 0.1) is 11.7 Å². The largest absolute Gasteiger partial charge is 0.336 e. The molecule has 8 nitrogen and oxygen atoms in total. The first kappa shape index (κ1) is 23.0. The molecule has 1 aromatic carbocycles. The van der Waals surface area contributed by atoms with Gasteiger partial charge in [-0.1, -0.05) is 18.5 Å². The molecule has 3 aromatic heterocycles. The highest BCUT2D eigenvalue weighted by atomic mass is 35.5. The summed E-state index contributed by atoms with van der Waals surface area (Å²) in [5, 5.41) is 13.2. The molecule has 0 saturated carbocycles. The van der Waals surface area contributed by atoms with Gasteiger partial charge in [-0.15, -0.1) is 0 Å². The first-order valence-electron chi connectivity index (χ1n) is 11.4. The van der Waals surface area contributed by atoms with Crippen LogP contribution in [0.2, 0.25) is 5.02 Å². The molecule has 3 heterocycles. The molecule has 3 N–H and O–H groups in total. The zero-order valence-electron chi connectivity index (χ0n) is 19.2. The molecule has 5 rings (SSSR count). The van der Waals surface area contributed by atoms with E-state index in [1.165, 1.54) is 18.2 Å². The Kier molecular flexibility index (Phi) is 6.02. The highest BCUT2D eigenvalue weighted by Gasteiger charge is 2.26. The van der Waals surface area contributed by atoms with Gasteiger partial charge in [-0.3, -0.25) is 4.79 Å². The quantitative estimate of drug-likeness (QED) is 0.350. The van der Waals surface area contributed by atoms with Gasteiger partial charge in [-0.25, -0.2) is 19.3 Å².